The summed E-state index contributed by atoms with van der Waals surface area (Å²) in [5.74, 6) is 0.394. The summed E-state index contributed by atoms with van der Waals surface area (Å²) in [5, 5.41) is 22.7. The number of aromatic nitrogens is 4. The van der Waals surface area contributed by atoms with Crippen LogP contribution in [0.1, 0.15) is 22.3 Å². The summed E-state index contributed by atoms with van der Waals surface area (Å²) in [5.41, 5.74) is 2.07. The predicted octanol–water partition coefficient (Wildman–Crippen LogP) is 3.69. The maximum Gasteiger partial charge on any atom is 0.214 e. The van der Waals surface area contributed by atoms with E-state index in [-0.39, 0.29) is 18.0 Å². The minimum absolute atomic E-state index is 0.00611. The highest BCUT2D eigenvalue weighted by Crippen LogP contribution is 2.23. The van der Waals surface area contributed by atoms with E-state index in [2.05, 4.69) is 15.5 Å². The van der Waals surface area contributed by atoms with E-state index >= 15 is 0 Å². The second-order valence-electron chi connectivity index (χ2n) is 5.39. The number of halogens is 1. The molecule has 0 aliphatic carbocycles. The number of hydrogen-bond acceptors (Lipinski definition) is 6. The Hall–Kier alpha value is -2.38. The minimum atomic E-state index is -0.112. The average molecular weight is 375 g/mol. The Morgan fingerprint density at radius 2 is 2.00 bits per heavy atom. The SMILES string of the molecule is Cc1ccc(O)c(C(=O)CCSc2nnnn2-c2ccc(Cl)cc2)c1. The lowest BCUT2D eigenvalue weighted by Gasteiger charge is -2.06. The van der Waals surface area contributed by atoms with Crippen molar-refractivity contribution in [2.45, 2.75) is 18.5 Å². The molecule has 0 spiro atoms. The zero-order chi connectivity index (χ0) is 17.8. The maximum absolute atomic E-state index is 12.3. The van der Waals surface area contributed by atoms with Gasteiger partial charge in [-0.1, -0.05) is 35.0 Å². The van der Waals surface area contributed by atoms with E-state index in [0.717, 1.165) is 11.3 Å². The molecule has 0 saturated heterocycles. The quantitative estimate of drug-likeness (QED) is 0.523. The van der Waals surface area contributed by atoms with Gasteiger partial charge in [-0.25, -0.2) is 0 Å². The molecule has 6 nitrogen and oxygen atoms in total. The molecule has 0 unspecified atom stereocenters. The van der Waals surface area contributed by atoms with Crippen LogP contribution in [0, 0.1) is 6.92 Å². The Morgan fingerprint density at radius 1 is 1.24 bits per heavy atom. The lowest BCUT2D eigenvalue weighted by atomic mass is 10.1. The normalized spacial score (nSPS) is 10.8. The first-order valence-electron chi connectivity index (χ1n) is 7.54. The first-order valence-corrected chi connectivity index (χ1v) is 8.91. The fourth-order valence-electron chi connectivity index (χ4n) is 2.26. The number of carbonyl (C=O) groups excluding carboxylic acids is 1. The van der Waals surface area contributed by atoms with Gasteiger partial charge in [0.1, 0.15) is 5.75 Å². The van der Waals surface area contributed by atoms with E-state index in [1.165, 1.54) is 17.8 Å². The van der Waals surface area contributed by atoms with Gasteiger partial charge in [0.2, 0.25) is 5.16 Å². The predicted molar refractivity (Wildman–Crippen MR) is 96.7 cm³/mol. The van der Waals surface area contributed by atoms with Crippen molar-refractivity contribution in [3.8, 4) is 11.4 Å². The van der Waals surface area contributed by atoms with Gasteiger partial charge in [0.05, 0.1) is 11.3 Å². The lowest BCUT2D eigenvalue weighted by molar-refractivity contribution is 0.0987. The molecule has 0 aliphatic rings. The first-order chi connectivity index (χ1) is 12.0. The van der Waals surface area contributed by atoms with Crippen LogP contribution in [0.3, 0.4) is 0 Å². The molecule has 0 saturated carbocycles. The van der Waals surface area contributed by atoms with Crippen molar-refractivity contribution in [3.63, 3.8) is 0 Å². The summed E-state index contributed by atoms with van der Waals surface area (Å²) in [6, 6.07) is 12.2. The topological polar surface area (TPSA) is 80.9 Å². The summed E-state index contributed by atoms with van der Waals surface area (Å²) in [6.07, 6.45) is 0.273. The summed E-state index contributed by atoms with van der Waals surface area (Å²) < 4.78 is 1.59. The van der Waals surface area contributed by atoms with Gasteiger partial charge in [0.15, 0.2) is 5.78 Å². The maximum atomic E-state index is 12.3. The van der Waals surface area contributed by atoms with Crippen molar-refractivity contribution < 1.29 is 9.90 Å². The van der Waals surface area contributed by atoms with Crippen molar-refractivity contribution in [1.29, 1.82) is 0 Å². The molecule has 1 heterocycles. The van der Waals surface area contributed by atoms with Gasteiger partial charge in [-0.15, -0.1) is 5.10 Å². The van der Waals surface area contributed by atoms with Crippen molar-refractivity contribution in [1.82, 2.24) is 20.2 Å². The molecule has 0 fully saturated rings. The Labute approximate surface area is 153 Å². The summed E-state index contributed by atoms with van der Waals surface area (Å²) >= 11 is 7.27. The molecule has 0 aliphatic heterocycles. The minimum Gasteiger partial charge on any atom is -0.507 e. The molecule has 0 amide bonds. The summed E-state index contributed by atoms with van der Waals surface area (Å²) in [6.45, 7) is 1.88. The van der Waals surface area contributed by atoms with E-state index in [0.29, 0.717) is 21.5 Å². The largest absolute Gasteiger partial charge is 0.507 e. The molecule has 8 heteroatoms. The molecule has 0 atom stereocenters. The van der Waals surface area contributed by atoms with Gasteiger partial charge in [-0.05, 0) is 53.7 Å². The van der Waals surface area contributed by atoms with E-state index < -0.39 is 0 Å². The first kappa shape index (κ1) is 17.4. The molecule has 3 rings (SSSR count). The fraction of sp³-hybridized carbons (Fsp3) is 0.176. The van der Waals surface area contributed by atoms with Crippen molar-refractivity contribution in [3.05, 3.63) is 58.6 Å². The highest BCUT2D eigenvalue weighted by Gasteiger charge is 2.14. The van der Waals surface area contributed by atoms with Crippen LogP contribution in [0.25, 0.3) is 5.69 Å². The number of tetrazole rings is 1. The van der Waals surface area contributed by atoms with Crippen LogP contribution in [0.15, 0.2) is 47.6 Å². The number of phenols is 1. The smallest absolute Gasteiger partial charge is 0.214 e. The third kappa shape index (κ3) is 4.18. The van der Waals surface area contributed by atoms with Gasteiger partial charge in [-0.2, -0.15) is 4.68 Å². The second-order valence-corrected chi connectivity index (χ2v) is 6.89. The zero-order valence-electron chi connectivity index (χ0n) is 13.4. The molecule has 1 N–H and O–H groups in total. The average Bonchev–Trinajstić information content (AvgIpc) is 3.06. The van der Waals surface area contributed by atoms with Crippen molar-refractivity contribution in [2.24, 2.45) is 0 Å². The molecule has 0 radical (unpaired) electrons. The number of ketones is 1. The molecule has 128 valence electrons. The van der Waals surface area contributed by atoms with Gasteiger partial charge in [0.25, 0.3) is 0 Å². The van der Waals surface area contributed by atoms with Crippen molar-refractivity contribution >= 4 is 29.1 Å². The van der Waals surface area contributed by atoms with Crippen LogP contribution in [0.4, 0.5) is 0 Å². The van der Waals surface area contributed by atoms with E-state index in [1.807, 2.05) is 19.1 Å². The number of aryl methyl sites for hydroxylation is 1. The number of benzene rings is 2. The third-order valence-corrected chi connectivity index (χ3v) is 4.70. The van der Waals surface area contributed by atoms with Gasteiger partial charge >= 0.3 is 0 Å². The van der Waals surface area contributed by atoms with Crippen LogP contribution < -0.4 is 0 Å². The highest BCUT2D eigenvalue weighted by atomic mass is 35.5. The molecule has 2 aromatic carbocycles. The Morgan fingerprint density at radius 3 is 2.76 bits per heavy atom. The zero-order valence-corrected chi connectivity index (χ0v) is 15.0. The molecule has 3 aromatic rings. The summed E-state index contributed by atoms with van der Waals surface area (Å²) in [4.78, 5) is 12.3. The van der Waals surface area contributed by atoms with Crippen molar-refractivity contribution in [2.75, 3.05) is 5.75 Å². The molecule has 1 aromatic heterocycles. The number of phenolic OH excluding ortho intramolecular Hbond substituents is 1. The van der Waals surface area contributed by atoms with Gasteiger partial charge in [0, 0.05) is 17.2 Å². The lowest BCUT2D eigenvalue weighted by Crippen LogP contribution is -2.03. The Bertz CT molecular complexity index is 896. The summed E-state index contributed by atoms with van der Waals surface area (Å²) in [7, 11) is 0. The van der Waals surface area contributed by atoms with E-state index in [9.17, 15) is 9.90 Å². The Kier molecular flexibility index (Phi) is 5.35. The second kappa shape index (κ2) is 7.67. The molecular weight excluding hydrogens is 360 g/mol. The number of Topliss-reactive ketones (excluding diaryl/α,β-unsaturated/α-hetero) is 1. The highest BCUT2D eigenvalue weighted by molar-refractivity contribution is 7.99. The number of rotatable bonds is 6. The molecule has 0 bridgehead atoms. The van der Waals surface area contributed by atoms with Gasteiger partial charge in [-0.3, -0.25) is 4.79 Å². The molecular formula is C17H15ClN4O2S. The standard InChI is InChI=1S/C17H15ClN4O2S/c1-11-2-7-15(23)14(10-11)16(24)8-9-25-17-19-20-21-22(17)13-5-3-12(18)4-6-13/h2-7,10,23H,8-9H2,1H3. The molecule has 25 heavy (non-hydrogen) atoms. The third-order valence-electron chi connectivity index (χ3n) is 3.52. The van der Waals surface area contributed by atoms with Gasteiger partial charge < -0.3 is 5.11 Å². The fourth-order valence-corrected chi connectivity index (χ4v) is 3.21. The van der Waals surface area contributed by atoms with Crippen LogP contribution in [-0.4, -0.2) is 36.8 Å². The van der Waals surface area contributed by atoms with Crippen LogP contribution >= 0.6 is 23.4 Å². The number of thioether (sulfide) groups is 1. The Balaban J connectivity index is 1.65. The van der Waals surface area contributed by atoms with E-state index in [4.69, 9.17) is 11.6 Å². The monoisotopic (exact) mass is 374 g/mol. The van der Waals surface area contributed by atoms with E-state index in [1.54, 1.807) is 28.9 Å². The number of nitrogens with zero attached hydrogens (tertiary/aromatic N) is 4. The number of aromatic hydroxyl groups is 1. The number of carbonyl (C=O) groups is 1. The van der Waals surface area contributed by atoms with Crippen LogP contribution in [-0.2, 0) is 0 Å². The number of hydrogen-bond donors (Lipinski definition) is 1. The van der Waals surface area contributed by atoms with Crippen LogP contribution in [0.2, 0.25) is 5.02 Å². The van der Waals surface area contributed by atoms with Crippen LogP contribution in [0.5, 0.6) is 5.75 Å².